The molecule has 0 heterocycles. The molecule has 0 aliphatic heterocycles. The Kier molecular flexibility index (Phi) is 4.74. The molecule has 0 radical (unpaired) electrons. The van der Waals surface area contributed by atoms with Crippen molar-refractivity contribution in [1.82, 2.24) is 5.32 Å². The second-order valence-corrected chi connectivity index (χ2v) is 4.23. The van der Waals surface area contributed by atoms with Crippen LogP contribution in [0.2, 0.25) is 0 Å². The quantitative estimate of drug-likeness (QED) is 0.708. The maximum absolute atomic E-state index is 5.47. The molecule has 2 nitrogen and oxygen atoms in total. The van der Waals surface area contributed by atoms with E-state index in [1.807, 2.05) is 7.05 Å². The Hall–Kier alpha value is -0.0800. The van der Waals surface area contributed by atoms with Crippen LogP contribution in [-0.4, -0.2) is 26.3 Å². The van der Waals surface area contributed by atoms with Gasteiger partial charge in [-0.2, -0.15) is 0 Å². The summed E-state index contributed by atoms with van der Waals surface area (Å²) >= 11 is 0. The van der Waals surface area contributed by atoms with Crippen LogP contribution in [0.25, 0.3) is 0 Å². The zero-order chi connectivity index (χ0) is 9.68. The van der Waals surface area contributed by atoms with E-state index in [4.69, 9.17) is 4.74 Å². The minimum Gasteiger partial charge on any atom is -0.380 e. The highest BCUT2D eigenvalue weighted by atomic mass is 16.5. The molecule has 1 N–H and O–H groups in total. The molecule has 2 heteroatoms. The van der Waals surface area contributed by atoms with Crippen molar-refractivity contribution in [2.75, 3.05) is 20.3 Å². The highest BCUT2D eigenvalue weighted by Crippen LogP contribution is 2.32. The van der Waals surface area contributed by atoms with Crippen molar-refractivity contribution < 1.29 is 4.74 Å². The summed E-state index contributed by atoms with van der Waals surface area (Å²) in [6, 6.07) is 0.574. The summed E-state index contributed by atoms with van der Waals surface area (Å²) in [5.74, 6) is 1.76. The topological polar surface area (TPSA) is 21.3 Å². The highest BCUT2D eigenvalue weighted by molar-refractivity contribution is 4.82. The van der Waals surface area contributed by atoms with Crippen molar-refractivity contribution in [1.29, 1.82) is 0 Å². The Morgan fingerprint density at radius 1 is 1.46 bits per heavy atom. The summed E-state index contributed by atoms with van der Waals surface area (Å²) < 4.78 is 5.47. The van der Waals surface area contributed by atoms with E-state index in [1.54, 1.807) is 0 Å². The second-order valence-electron chi connectivity index (χ2n) is 4.23. The predicted octanol–water partition coefficient (Wildman–Crippen LogP) is 2.05. The lowest BCUT2D eigenvalue weighted by Gasteiger charge is -2.22. The fraction of sp³-hybridized carbons (Fsp3) is 1.00. The van der Waals surface area contributed by atoms with Gasteiger partial charge < -0.3 is 10.1 Å². The zero-order valence-corrected chi connectivity index (χ0v) is 9.18. The van der Waals surface area contributed by atoms with E-state index in [-0.39, 0.29) is 0 Å². The van der Waals surface area contributed by atoms with Gasteiger partial charge in [-0.1, -0.05) is 13.3 Å². The molecule has 78 valence electrons. The molecule has 0 aromatic carbocycles. The monoisotopic (exact) mass is 185 g/mol. The fourth-order valence-electron chi connectivity index (χ4n) is 2.32. The maximum atomic E-state index is 5.47. The Labute approximate surface area is 82.0 Å². The SMILES string of the molecule is CCOCC(NC)C1CCC(C)C1. The molecule has 0 saturated heterocycles. The minimum absolute atomic E-state index is 0.574. The summed E-state index contributed by atoms with van der Waals surface area (Å²) in [6.07, 6.45) is 4.15. The molecular formula is C11H23NO. The molecule has 0 bridgehead atoms. The molecule has 13 heavy (non-hydrogen) atoms. The number of hydrogen-bond donors (Lipinski definition) is 1. The minimum atomic E-state index is 0.574. The first-order valence-electron chi connectivity index (χ1n) is 5.53. The predicted molar refractivity (Wildman–Crippen MR) is 55.8 cm³/mol. The summed E-state index contributed by atoms with van der Waals surface area (Å²) in [4.78, 5) is 0. The number of likely N-dealkylation sites (N-methyl/N-ethyl adjacent to an activating group) is 1. The van der Waals surface area contributed by atoms with Gasteiger partial charge in [-0.15, -0.1) is 0 Å². The molecule has 1 aliphatic rings. The summed E-state index contributed by atoms with van der Waals surface area (Å²) in [6.45, 7) is 6.13. The molecule has 0 aromatic heterocycles. The Bertz CT molecular complexity index is 138. The molecule has 0 amide bonds. The molecule has 3 unspecified atom stereocenters. The van der Waals surface area contributed by atoms with Crippen LogP contribution in [0.4, 0.5) is 0 Å². The summed E-state index contributed by atoms with van der Waals surface area (Å²) in [5.41, 5.74) is 0. The van der Waals surface area contributed by atoms with Crippen LogP contribution in [0.3, 0.4) is 0 Å². The van der Waals surface area contributed by atoms with Crippen LogP contribution >= 0.6 is 0 Å². The average molecular weight is 185 g/mol. The van der Waals surface area contributed by atoms with Gasteiger partial charge in [-0.05, 0) is 38.6 Å². The first-order valence-corrected chi connectivity index (χ1v) is 5.53. The average Bonchev–Trinajstić information content (AvgIpc) is 2.54. The number of nitrogens with one attached hydrogen (secondary N) is 1. The van der Waals surface area contributed by atoms with E-state index in [2.05, 4.69) is 19.2 Å². The molecule has 0 spiro atoms. The van der Waals surface area contributed by atoms with Crippen LogP contribution in [0, 0.1) is 11.8 Å². The van der Waals surface area contributed by atoms with Gasteiger partial charge in [0.2, 0.25) is 0 Å². The van der Waals surface area contributed by atoms with Gasteiger partial charge in [0.05, 0.1) is 6.61 Å². The zero-order valence-electron chi connectivity index (χ0n) is 9.18. The van der Waals surface area contributed by atoms with Crippen molar-refractivity contribution in [3.05, 3.63) is 0 Å². The normalized spacial score (nSPS) is 30.7. The van der Waals surface area contributed by atoms with Crippen LogP contribution in [0.15, 0.2) is 0 Å². The molecule has 1 saturated carbocycles. The van der Waals surface area contributed by atoms with Crippen LogP contribution in [-0.2, 0) is 4.74 Å². The summed E-state index contributed by atoms with van der Waals surface area (Å²) in [7, 11) is 2.05. The van der Waals surface area contributed by atoms with Crippen LogP contribution in [0.5, 0.6) is 0 Å². The lowest BCUT2D eigenvalue weighted by Crippen LogP contribution is -2.36. The van der Waals surface area contributed by atoms with Gasteiger partial charge in [-0.3, -0.25) is 0 Å². The first kappa shape index (κ1) is 11.0. The lowest BCUT2D eigenvalue weighted by atomic mass is 9.98. The second kappa shape index (κ2) is 5.61. The smallest absolute Gasteiger partial charge is 0.0622 e. The third-order valence-electron chi connectivity index (χ3n) is 3.18. The van der Waals surface area contributed by atoms with Crippen LogP contribution < -0.4 is 5.32 Å². The van der Waals surface area contributed by atoms with E-state index in [9.17, 15) is 0 Å². The van der Waals surface area contributed by atoms with Crippen molar-refractivity contribution in [3.8, 4) is 0 Å². The van der Waals surface area contributed by atoms with E-state index >= 15 is 0 Å². The maximum Gasteiger partial charge on any atom is 0.0622 e. The molecule has 3 atom stereocenters. The fourth-order valence-corrected chi connectivity index (χ4v) is 2.32. The van der Waals surface area contributed by atoms with Crippen molar-refractivity contribution in [2.24, 2.45) is 11.8 Å². The Balaban J connectivity index is 2.29. The van der Waals surface area contributed by atoms with E-state index in [1.165, 1.54) is 19.3 Å². The lowest BCUT2D eigenvalue weighted by molar-refractivity contribution is 0.106. The van der Waals surface area contributed by atoms with Crippen molar-refractivity contribution >= 4 is 0 Å². The summed E-state index contributed by atoms with van der Waals surface area (Å²) in [5, 5.41) is 3.37. The third-order valence-corrected chi connectivity index (χ3v) is 3.18. The van der Waals surface area contributed by atoms with E-state index < -0.39 is 0 Å². The van der Waals surface area contributed by atoms with Crippen molar-refractivity contribution in [3.63, 3.8) is 0 Å². The first-order chi connectivity index (χ1) is 6.27. The molecular weight excluding hydrogens is 162 g/mol. The van der Waals surface area contributed by atoms with Gasteiger partial charge in [0.25, 0.3) is 0 Å². The Morgan fingerprint density at radius 2 is 2.23 bits per heavy atom. The Morgan fingerprint density at radius 3 is 2.69 bits per heavy atom. The van der Waals surface area contributed by atoms with Gasteiger partial charge in [0.1, 0.15) is 0 Å². The van der Waals surface area contributed by atoms with Gasteiger partial charge in [0.15, 0.2) is 0 Å². The standard InChI is InChI=1S/C11H23NO/c1-4-13-8-11(12-3)10-6-5-9(2)7-10/h9-12H,4-8H2,1-3H3. The van der Waals surface area contributed by atoms with Gasteiger partial charge >= 0.3 is 0 Å². The number of hydrogen-bond acceptors (Lipinski definition) is 2. The van der Waals surface area contributed by atoms with Crippen LogP contribution in [0.1, 0.15) is 33.1 Å². The van der Waals surface area contributed by atoms with Gasteiger partial charge in [0, 0.05) is 12.6 Å². The molecule has 1 aliphatic carbocycles. The third kappa shape index (κ3) is 3.28. The molecule has 0 aromatic rings. The largest absolute Gasteiger partial charge is 0.380 e. The number of rotatable bonds is 5. The highest BCUT2D eigenvalue weighted by Gasteiger charge is 2.27. The van der Waals surface area contributed by atoms with E-state index in [0.29, 0.717) is 6.04 Å². The molecule has 1 rings (SSSR count). The van der Waals surface area contributed by atoms with Gasteiger partial charge in [-0.25, -0.2) is 0 Å². The van der Waals surface area contributed by atoms with E-state index in [0.717, 1.165) is 25.0 Å². The molecule has 1 fully saturated rings. The number of ether oxygens (including phenoxy) is 1. The van der Waals surface area contributed by atoms with Crippen molar-refractivity contribution in [2.45, 2.75) is 39.2 Å².